The molecule has 2 aromatic carbocycles. The van der Waals surface area contributed by atoms with Crippen molar-refractivity contribution in [3.05, 3.63) is 53.1 Å². The van der Waals surface area contributed by atoms with Crippen molar-refractivity contribution in [3.8, 4) is 11.8 Å². The highest BCUT2D eigenvalue weighted by atomic mass is 32.1. The zero-order valence-corrected chi connectivity index (χ0v) is 25.4. The molecule has 2 aliphatic rings. The summed E-state index contributed by atoms with van der Waals surface area (Å²) < 4.78 is 47.1. The molecule has 9 nitrogen and oxygen atoms in total. The number of ether oxygens (including phenoxy) is 1. The van der Waals surface area contributed by atoms with Gasteiger partial charge in [0.1, 0.15) is 17.9 Å². The van der Waals surface area contributed by atoms with Gasteiger partial charge in [0.25, 0.3) is 5.91 Å². The van der Waals surface area contributed by atoms with E-state index in [1.165, 1.54) is 11.0 Å². The van der Waals surface area contributed by atoms with Gasteiger partial charge in [-0.05, 0) is 88.3 Å². The molecule has 230 valence electrons. The van der Waals surface area contributed by atoms with Crippen LogP contribution in [0.4, 0.5) is 29.3 Å². The summed E-state index contributed by atoms with van der Waals surface area (Å²) >= 11 is 5.66. The molecular formula is C30H34F3N5O4S. The number of carboxylic acid groups (broad SMARTS) is 1. The number of rotatable bonds is 7. The number of halogens is 3. The van der Waals surface area contributed by atoms with Crippen LogP contribution in [0.3, 0.4) is 0 Å². The van der Waals surface area contributed by atoms with Crippen LogP contribution in [0.25, 0.3) is 0 Å². The number of hydrogen-bond acceptors (Lipinski definition) is 6. The molecule has 43 heavy (non-hydrogen) atoms. The van der Waals surface area contributed by atoms with Crippen molar-refractivity contribution < 1.29 is 32.6 Å². The summed E-state index contributed by atoms with van der Waals surface area (Å²) in [5.74, 6) is 0.157. The van der Waals surface area contributed by atoms with E-state index in [0.29, 0.717) is 44.1 Å². The summed E-state index contributed by atoms with van der Waals surface area (Å²) in [7, 11) is 0. The Hall–Kier alpha value is -3.89. The molecule has 2 unspecified atom stereocenters. The predicted octanol–water partition coefficient (Wildman–Crippen LogP) is 5.51. The molecule has 2 aliphatic heterocycles. The summed E-state index contributed by atoms with van der Waals surface area (Å²) in [6, 6.07) is 9.98. The number of carbonyl (C=O) groups excluding carboxylic acids is 1. The molecule has 0 radical (unpaired) electrons. The van der Waals surface area contributed by atoms with Crippen LogP contribution in [0.5, 0.6) is 5.75 Å². The number of anilines is 2. The van der Waals surface area contributed by atoms with E-state index in [1.807, 2.05) is 26.8 Å². The summed E-state index contributed by atoms with van der Waals surface area (Å²) in [4.78, 5) is 31.3. The number of amides is 2. The first kappa shape index (κ1) is 32.0. The maximum atomic E-state index is 13.7. The van der Waals surface area contributed by atoms with Crippen LogP contribution < -0.4 is 14.5 Å². The second kappa shape index (κ2) is 12.0. The molecule has 0 aliphatic carbocycles. The largest absolute Gasteiger partial charge is 0.492 e. The number of carbonyl (C=O) groups is 2. The lowest BCUT2D eigenvalue weighted by Gasteiger charge is -2.42. The summed E-state index contributed by atoms with van der Waals surface area (Å²) in [5, 5.41) is 18.6. The monoisotopic (exact) mass is 617 g/mol. The van der Waals surface area contributed by atoms with Gasteiger partial charge < -0.3 is 19.6 Å². The van der Waals surface area contributed by atoms with E-state index < -0.39 is 34.8 Å². The van der Waals surface area contributed by atoms with Gasteiger partial charge in [0.15, 0.2) is 5.11 Å². The molecule has 2 heterocycles. The fourth-order valence-corrected chi connectivity index (χ4v) is 6.15. The third kappa shape index (κ3) is 6.12. The number of hydrogen-bond donors (Lipinski definition) is 1. The number of piperazine rings is 1. The van der Waals surface area contributed by atoms with E-state index in [2.05, 4.69) is 4.90 Å². The third-order valence-electron chi connectivity index (χ3n) is 8.04. The molecule has 2 amide bonds. The second-order valence-corrected chi connectivity index (χ2v) is 11.6. The Morgan fingerprint density at radius 2 is 1.81 bits per heavy atom. The maximum Gasteiger partial charge on any atom is 0.417 e. The molecule has 13 heteroatoms. The van der Waals surface area contributed by atoms with E-state index in [9.17, 15) is 27.9 Å². The quantitative estimate of drug-likeness (QED) is 0.407. The zero-order chi connectivity index (χ0) is 31.9. The Kier molecular flexibility index (Phi) is 8.95. The lowest BCUT2D eigenvalue weighted by molar-refractivity contribution is -0.137. The molecule has 2 fully saturated rings. The first-order valence-corrected chi connectivity index (χ1v) is 14.3. The van der Waals surface area contributed by atoms with Gasteiger partial charge in [0.2, 0.25) is 0 Å². The van der Waals surface area contributed by atoms with Gasteiger partial charge >= 0.3 is 12.3 Å². The van der Waals surface area contributed by atoms with E-state index in [-0.39, 0.29) is 22.9 Å². The molecule has 2 aromatic rings. The molecule has 4 rings (SSSR count). The summed E-state index contributed by atoms with van der Waals surface area (Å²) in [6.07, 6.45) is -5.09. The Bertz CT molecular complexity index is 1470. The lowest BCUT2D eigenvalue weighted by atomic mass is 10.0. The van der Waals surface area contributed by atoms with E-state index in [4.69, 9.17) is 22.2 Å². The smallest absolute Gasteiger partial charge is 0.417 e. The Morgan fingerprint density at radius 1 is 1.14 bits per heavy atom. The molecule has 0 saturated carbocycles. The van der Waals surface area contributed by atoms with Crippen LogP contribution in [0.15, 0.2) is 36.4 Å². The van der Waals surface area contributed by atoms with Crippen LogP contribution in [-0.4, -0.2) is 75.9 Å². The predicted molar refractivity (Wildman–Crippen MR) is 159 cm³/mol. The van der Waals surface area contributed by atoms with Crippen molar-refractivity contribution in [2.75, 3.05) is 36.0 Å². The Labute approximate surface area is 254 Å². The van der Waals surface area contributed by atoms with Crippen LogP contribution in [-0.2, 0) is 17.4 Å². The average Bonchev–Trinajstić information content (AvgIpc) is 3.12. The topological polar surface area (TPSA) is 100 Å². The van der Waals surface area contributed by atoms with Crippen molar-refractivity contribution in [2.45, 2.75) is 64.8 Å². The summed E-state index contributed by atoms with van der Waals surface area (Å²) in [6.45, 7) is 11.2. The van der Waals surface area contributed by atoms with E-state index in [0.717, 1.165) is 22.6 Å². The van der Waals surface area contributed by atoms with Crippen LogP contribution in [0, 0.1) is 11.3 Å². The molecule has 0 bridgehead atoms. The SMILES string of the molecule is CCc1cc(N2C(=S)N(c3ccc(C#N)c(C(F)(F)F)c3)C(=O)C2(C)C)ccc1OCCN1CC(C)N(C(=O)O)CC1C. The number of alkyl halides is 3. The molecule has 1 N–H and O–H groups in total. The van der Waals surface area contributed by atoms with Gasteiger partial charge in [-0.3, -0.25) is 14.6 Å². The normalized spacial score (nSPS) is 20.9. The van der Waals surface area contributed by atoms with Gasteiger partial charge in [0.05, 0.1) is 22.9 Å². The van der Waals surface area contributed by atoms with E-state index >= 15 is 0 Å². The first-order valence-electron chi connectivity index (χ1n) is 13.9. The molecule has 0 aromatic heterocycles. The number of nitrogens with zero attached hydrogens (tertiary/aromatic N) is 5. The second-order valence-electron chi connectivity index (χ2n) is 11.3. The first-order chi connectivity index (χ1) is 20.1. The highest BCUT2D eigenvalue weighted by Gasteiger charge is 2.51. The van der Waals surface area contributed by atoms with Crippen LogP contribution in [0.2, 0.25) is 0 Å². The minimum absolute atomic E-state index is 0.0205. The molecular weight excluding hydrogens is 583 g/mol. The van der Waals surface area contributed by atoms with Crippen molar-refractivity contribution >= 4 is 40.7 Å². The van der Waals surface area contributed by atoms with Crippen molar-refractivity contribution in [1.82, 2.24) is 9.80 Å². The standard InChI is InChI=1S/C30H34F3N5O4S/c1-6-20-13-23(9-10-25(20)42-12-11-35-16-19(3)36(28(40)41)17-18(35)2)38-27(43)37(26(39)29(38,4)5)22-8-7-21(15-34)24(14-22)30(31,32)33/h7-10,13-14,18-19H,6,11-12,16-17H2,1-5H3,(H,40,41). The van der Waals surface area contributed by atoms with E-state index in [1.54, 1.807) is 36.9 Å². The van der Waals surface area contributed by atoms with Gasteiger partial charge in [-0.1, -0.05) is 6.92 Å². The Balaban J connectivity index is 1.54. The van der Waals surface area contributed by atoms with Gasteiger partial charge in [-0.25, -0.2) is 4.79 Å². The van der Waals surface area contributed by atoms with Gasteiger partial charge in [-0.2, -0.15) is 18.4 Å². The van der Waals surface area contributed by atoms with Crippen molar-refractivity contribution in [1.29, 1.82) is 5.26 Å². The Morgan fingerprint density at radius 3 is 2.42 bits per heavy atom. The number of nitriles is 1. The molecule has 2 saturated heterocycles. The highest BCUT2D eigenvalue weighted by Crippen LogP contribution is 2.40. The summed E-state index contributed by atoms with van der Waals surface area (Å²) in [5.41, 5.74) is -1.51. The lowest BCUT2D eigenvalue weighted by Crippen LogP contribution is -2.58. The van der Waals surface area contributed by atoms with Crippen LogP contribution in [0.1, 0.15) is 51.3 Å². The molecule has 0 spiro atoms. The van der Waals surface area contributed by atoms with Gasteiger partial charge in [0, 0.05) is 37.4 Å². The highest BCUT2D eigenvalue weighted by molar-refractivity contribution is 7.81. The zero-order valence-electron chi connectivity index (χ0n) is 24.6. The minimum atomic E-state index is -4.78. The fraction of sp³-hybridized carbons (Fsp3) is 0.467. The number of aryl methyl sites for hydroxylation is 1. The third-order valence-corrected chi connectivity index (χ3v) is 8.40. The van der Waals surface area contributed by atoms with Crippen molar-refractivity contribution in [2.24, 2.45) is 0 Å². The van der Waals surface area contributed by atoms with Gasteiger partial charge in [-0.15, -0.1) is 0 Å². The minimum Gasteiger partial charge on any atom is -0.492 e. The number of benzene rings is 2. The number of thiocarbonyl (C=S) groups is 1. The molecule has 2 atom stereocenters. The fourth-order valence-electron chi connectivity index (χ4n) is 5.63. The maximum absolute atomic E-state index is 13.7. The van der Waals surface area contributed by atoms with Crippen LogP contribution >= 0.6 is 12.2 Å². The average molecular weight is 618 g/mol. The van der Waals surface area contributed by atoms with Crippen molar-refractivity contribution in [3.63, 3.8) is 0 Å².